The highest BCUT2D eigenvalue weighted by Gasteiger charge is 2.07. The predicted molar refractivity (Wildman–Crippen MR) is 74.3 cm³/mol. The van der Waals surface area contributed by atoms with Crippen LogP contribution in [0.2, 0.25) is 0 Å². The van der Waals surface area contributed by atoms with Gasteiger partial charge < -0.3 is 10.5 Å². The maximum atomic E-state index is 5.59. The number of aromatic nitrogens is 2. The number of methoxy groups -OCH3 is 1. The Morgan fingerprint density at radius 2 is 2.06 bits per heavy atom. The van der Waals surface area contributed by atoms with Crippen molar-refractivity contribution in [3.63, 3.8) is 0 Å². The lowest BCUT2D eigenvalue weighted by atomic mass is 10.1. The minimum atomic E-state index is 0.339. The van der Waals surface area contributed by atoms with Crippen molar-refractivity contribution in [2.24, 2.45) is 5.73 Å². The first kappa shape index (κ1) is 13.0. The van der Waals surface area contributed by atoms with Crippen molar-refractivity contribution in [3.05, 3.63) is 40.3 Å². The molecule has 0 atom stereocenters. The monoisotopic (exact) mass is 307 g/mol. The summed E-state index contributed by atoms with van der Waals surface area (Å²) >= 11 is 3.47. The first-order chi connectivity index (χ1) is 8.63. The highest BCUT2D eigenvalue weighted by atomic mass is 79.9. The lowest BCUT2D eigenvalue weighted by Gasteiger charge is -2.07. The van der Waals surface area contributed by atoms with Gasteiger partial charge in [-0.15, -0.1) is 0 Å². The van der Waals surface area contributed by atoms with Gasteiger partial charge in [0.05, 0.1) is 23.8 Å². The molecule has 1 heterocycles. The fourth-order valence-corrected chi connectivity index (χ4v) is 2.24. The van der Waals surface area contributed by atoms with E-state index in [2.05, 4.69) is 25.9 Å². The van der Waals surface area contributed by atoms with E-state index in [0.717, 1.165) is 27.2 Å². The Labute approximate surface area is 114 Å². The fraction of sp³-hybridized carbons (Fsp3) is 0.231. The number of hydrogen-bond acceptors (Lipinski definition) is 4. The van der Waals surface area contributed by atoms with Crippen LogP contribution in [0.5, 0.6) is 5.75 Å². The highest BCUT2D eigenvalue weighted by molar-refractivity contribution is 9.10. The molecule has 0 saturated carbocycles. The average Bonchev–Trinajstić information content (AvgIpc) is 2.37. The van der Waals surface area contributed by atoms with E-state index in [9.17, 15) is 0 Å². The molecule has 0 unspecified atom stereocenters. The third-order valence-corrected chi connectivity index (χ3v) is 3.15. The standard InChI is InChI=1S/C13H14BrN3O/c1-8-5-11(17-13(7-15)16-8)9-3-4-12(18-2)10(14)6-9/h3-6H,7,15H2,1-2H3. The molecule has 0 aliphatic rings. The van der Waals surface area contributed by atoms with Crippen LogP contribution in [-0.2, 0) is 6.54 Å². The van der Waals surface area contributed by atoms with Crippen LogP contribution in [-0.4, -0.2) is 17.1 Å². The van der Waals surface area contributed by atoms with E-state index < -0.39 is 0 Å². The Morgan fingerprint density at radius 1 is 1.28 bits per heavy atom. The molecule has 1 aromatic carbocycles. The molecule has 0 saturated heterocycles. The number of hydrogen-bond donors (Lipinski definition) is 1. The van der Waals surface area contributed by atoms with Crippen LogP contribution in [0.1, 0.15) is 11.5 Å². The molecule has 0 aliphatic carbocycles. The molecule has 0 fully saturated rings. The number of nitrogens with zero attached hydrogens (tertiary/aromatic N) is 2. The van der Waals surface area contributed by atoms with Gasteiger partial charge in [-0.25, -0.2) is 9.97 Å². The number of aryl methyl sites for hydroxylation is 1. The van der Waals surface area contributed by atoms with Crippen LogP contribution in [0.15, 0.2) is 28.7 Å². The van der Waals surface area contributed by atoms with Gasteiger partial charge >= 0.3 is 0 Å². The maximum absolute atomic E-state index is 5.59. The summed E-state index contributed by atoms with van der Waals surface area (Å²) < 4.78 is 6.10. The lowest BCUT2D eigenvalue weighted by Crippen LogP contribution is -2.05. The van der Waals surface area contributed by atoms with Crippen LogP contribution < -0.4 is 10.5 Å². The average molecular weight is 308 g/mol. The van der Waals surface area contributed by atoms with E-state index in [1.54, 1.807) is 7.11 Å². The summed E-state index contributed by atoms with van der Waals surface area (Å²) in [4.78, 5) is 8.68. The molecule has 5 heteroatoms. The van der Waals surface area contributed by atoms with Gasteiger partial charge in [0.2, 0.25) is 0 Å². The molecular formula is C13H14BrN3O. The third kappa shape index (κ3) is 2.68. The normalized spacial score (nSPS) is 10.4. The summed E-state index contributed by atoms with van der Waals surface area (Å²) in [5.41, 5.74) is 8.37. The molecule has 4 nitrogen and oxygen atoms in total. The van der Waals surface area contributed by atoms with Gasteiger partial charge in [0.25, 0.3) is 0 Å². The SMILES string of the molecule is COc1ccc(-c2cc(C)nc(CN)n2)cc1Br. The van der Waals surface area contributed by atoms with Crippen LogP contribution in [0.3, 0.4) is 0 Å². The zero-order valence-electron chi connectivity index (χ0n) is 10.3. The molecule has 94 valence electrons. The van der Waals surface area contributed by atoms with Gasteiger partial charge in [0, 0.05) is 11.3 Å². The molecule has 0 aliphatic heterocycles. The van der Waals surface area contributed by atoms with Crippen LogP contribution in [0.4, 0.5) is 0 Å². The Morgan fingerprint density at radius 3 is 2.67 bits per heavy atom. The fourth-order valence-electron chi connectivity index (χ4n) is 1.69. The molecule has 18 heavy (non-hydrogen) atoms. The van der Waals surface area contributed by atoms with E-state index in [1.807, 2.05) is 31.2 Å². The van der Waals surface area contributed by atoms with Crippen molar-refractivity contribution < 1.29 is 4.74 Å². The third-order valence-electron chi connectivity index (χ3n) is 2.53. The van der Waals surface area contributed by atoms with Crippen LogP contribution in [0.25, 0.3) is 11.3 Å². The van der Waals surface area contributed by atoms with Crippen LogP contribution in [0, 0.1) is 6.92 Å². The second-order valence-corrected chi connectivity index (χ2v) is 4.72. The minimum Gasteiger partial charge on any atom is -0.496 e. The van der Waals surface area contributed by atoms with E-state index in [1.165, 1.54) is 0 Å². The zero-order valence-corrected chi connectivity index (χ0v) is 11.9. The maximum Gasteiger partial charge on any atom is 0.142 e. The quantitative estimate of drug-likeness (QED) is 0.947. The van der Waals surface area contributed by atoms with Gasteiger partial charge in [-0.1, -0.05) is 0 Å². The summed E-state index contributed by atoms with van der Waals surface area (Å²) in [5, 5.41) is 0. The Kier molecular flexibility index (Phi) is 3.93. The lowest BCUT2D eigenvalue weighted by molar-refractivity contribution is 0.412. The summed E-state index contributed by atoms with van der Waals surface area (Å²) in [7, 11) is 1.64. The highest BCUT2D eigenvalue weighted by Crippen LogP contribution is 2.29. The molecule has 0 spiro atoms. The smallest absolute Gasteiger partial charge is 0.142 e. The predicted octanol–water partition coefficient (Wildman–Crippen LogP) is 2.68. The van der Waals surface area contributed by atoms with Crippen molar-refractivity contribution in [2.75, 3.05) is 7.11 Å². The van der Waals surface area contributed by atoms with Crippen molar-refractivity contribution in [1.82, 2.24) is 9.97 Å². The summed E-state index contributed by atoms with van der Waals surface area (Å²) in [5.74, 6) is 1.44. The molecule has 2 aromatic rings. The topological polar surface area (TPSA) is 61.0 Å². The number of benzene rings is 1. The minimum absolute atomic E-state index is 0.339. The Hall–Kier alpha value is -1.46. The van der Waals surface area contributed by atoms with Gasteiger partial charge in [-0.2, -0.15) is 0 Å². The molecule has 0 bridgehead atoms. The Bertz CT molecular complexity index is 572. The number of halogens is 1. The number of rotatable bonds is 3. The molecule has 0 amide bonds. The first-order valence-corrected chi connectivity index (χ1v) is 6.32. The molecule has 0 radical (unpaired) electrons. The first-order valence-electron chi connectivity index (χ1n) is 5.52. The zero-order chi connectivity index (χ0) is 13.1. The summed E-state index contributed by atoms with van der Waals surface area (Å²) in [6, 6.07) is 7.78. The van der Waals surface area contributed by atoms with E-state index in [-0.39, 0.29) is 0 Å². The largest absolute Gasteiger partial charge is 0.496 e. The summed E-state index contributed by atoms with van der Waals surface area (Å²) in [6.45, 7) is 2.27. The number of nitrogens with two attached hydrogens (primary N) is 1. The molecule has 2 N–H and O–H groups in total. The van der Waals surface area contributed by atoms with Crippen LogP contribution >= 0.6 is 15.9 Å². The second kappa shape index (κ2) is 5.46. The van der Waals surface area contributed by atoms with Gasteiger partial charge in [-0.3, -0.25) is 0 Å². The van der Waals surface area contributed by atoms with Crippen molar-refractivity contribution >= 4 is 15.9 Å². The molecule has 1 aromatic heterocycles. The van der Waals surface area contributed by atoms with Gasteiger partial charge in [0.1, 0.15) is 11.6 Å². The van der Waals surface area contributed by atoms with Crippen molar-refractivity contribution in [1.29, 1.82) is 0 Å². The van der Waals surface area contributed by atoms with E-state index in [4.69, 9.17) is 10.5 Å². The molecule has 2 rings (SSSR count). The van der Waals surface area contributed by atoms with Crippen molar-refractivity contribution in [2.45, 2.75) is 13.5 Å². The second-order valence-electron chi connectivity index (χ2n) is 3.86. The van der Waals surface area contributed by atoms with Crippen molar-refractivity contribution in [3.8, 4) is 17.0 Å². The number of ether oxygens (including phenoxy) is 1. The van der Waals surface area contributed by atoms with E-state index in [0.29, 0.717) is 12.4 Å². The van der Waals surface area contributed by atoms with Gasteiger partial charge in [-0.05, 0) is 47.1 Å². The molecular weight excluding hydrogens is 294 g/mol. The van der Waals surface area contributed by atoms with Gasteiger partial charge in [0.15, 0.2) is 0 Å². The Balaban J connectivity index is 2.48. The van der Waals surface area contributed by atoms with E-state index >= 15 is 0 Å². The summed E-state index contributed by atoms with van der Waals surface area (Å²) in [6.07, 6.45) is 0.